The van der Waals surface area contributed by atoms with Crippen LogP contribution in [0, 0.1) is 0 Å². The molecular formula is C23H20N4O3. The monoisotopic (exact) mass is 400 g/mol. The fourth-order valence-corrected chi connectivity index (χ4v) is 3.09. The van der Waals surface area contributed by atoms with E-state index >= 15 is 0 Å². The Bertz CT molecular complexity index is 1180. The number of nitrogens with zero attached hydrogens (tertiary/aromatic N) is 3. The number of rotatable bonds is 6. The molecule has 1 heterocycles. The van der Waals surface area contributed by atoms with Crippen molar-refractivity contribution in [2.75, 3.05) is 11.9 Å². The Morgan fingerprint density at radius 3 is 2.43 bits per heavy atom. The summed E-state index contributed by atoms with van der Waals surface area (Å²) in [7, 11) is 0. The van der Waals surface area contributed by atoms with Crippen LogP contribution in [0.4, 0.5) is 5.69 Å². The second-order valence-corrected chi connectivity index (χ2v) is 6.69. The maximum absolute atomic E-state index is 12.6. The van der Waals surface area contributed by atoms with Crippen molar-refractivity contribution < 1.29 is 14.3 Å². The first-order valence-electron chi connectivity index (χ1n) is 9.60. The molecule has 0 atom stereocenters. The fraction of sp³-hybridized carbons (Fsp3) is 0.130. The van der Waals surface area contributed by atoms with Crippen molar-refractivity contribution in [3.63, 3.8) is 0 Å². The Morgan fingerprint density at radius 2 is 1.70 bits per heavy atom. The molecular weight excluding hydrogens is 380 g/mol. The first-order chi connectivity index (χ1) is 14.6. The second-order valence-electron chi connectivity index (χ2n) is 6.69. The highest BCUT2D eigenvalue weighted by Crippen LogP contribution is 2.17. The Hall–Kier alpha value is -4.00. The van der Waals surface area contributed by atoms with Crippen molar-refractivity contribution in [1.29, 1.82) is 0 Å². The zero-order chi connectivity index (χ0) is 20.9. The largest absolute Gasteiger partial charge is 0.462 e. The zero-order valence-corrected chi connectivity index (χ0v) is 16.4. The van der Waals surface area contributed by atoms with Crippen LogP contribution < -0.4 is 5.32 Å². The van der Waals surface area contributed by atoms with Crippen LogP contribution >= 0.6 is 0 Å². The number of hydrogen-bond acceptors (Lipinski definition) is 5. The van der Waals surface area contributed by atoms with E-state index in [0.29, 0.717) is 35.5 Å². The lowest BCUT2D eigenvalue weighted by atomic mass is 10.1. The number of benzene rings is 3. The molecule has 0 saturated heterocycles. The molecule has 0 unspecified atom stereocenters. The van der Waals surface area contributed by atoms with Crippen LogP contribution in [-0.4, -0.2) is 33.5 Å². The van der Waals surface area contributed by atoms with Crippen molar-refractivity contribution in [2.24, 2.45) is 0 Å². The molecule has 30 heavy (non-hydrogen) atoms. The predicted molar refractivity (Wildman–Crippen MR) is 113 cm³/mol. The van der Waals surface area contributed by atoms with Crippen molar-refractivity contribution >= 4 is 28.6 Å². The van der Waals surface area contributed by atoms with Crippen molar-refractivity contribution in [1.82, 2.24) is 15.0 Å². The summed E-state index contributed by atoms with van der Waals surface area (Å²) in [6, 6.07) is 21.9. The van der Waals surface area contributed by atoms with Crippen molar-refractivity contribution in [3.8, 4) is 0 Å². The minimum atomic E-state index is -0.389. The molecule has 150 valence electrons. The zero-order valence-electron chi connectivity index (χ0n) is 16.4. The maximum Gasteiger partial charge on any atom is 0.338 e. The molecule has 7 nitrogen and oxygen atoms in total. The first-order valence-corrected chi connectivity index (χ1v) is 9.60. The molecule has 3 aromatic carbocycles. The average molecular weight is 400 g/mol. The summed E-state index contributed by atoms with van der Waals surface area (Å²) in [5.74, 6) is -0.655. The summed E-state index contributed by atoms with van der Waals surface area (Å²) in [6.07, 6.45) is 0. The summed E-state index contributed by atoms with van der Waals surface area (Å²) in [5, 5.41) is 11.2. The van der Waals surface area contributed by atoms with Gasteiger partial charge in [0, 0.05) is 11.3 Å². The third kappa shape index (κ3) is 4.20. The normalized spacial score (nSPS) is 10.7. The van der Waals surface area contributed by atoms with Gasteiger partial charge in [-0.25, -0.2) is 9.48 Å². The lowest BCUT2D eigenvalue weighted by Crippen LogP contribution is -2.12. The summed E-state index contributed by atoms with van der Waals surface area (Å²) < 4.78 is 6.76. The summed E-state index contributed by atoms with van der Waals surface area (Å²) in [4.78, 5) is 24.3. The number of aromatic nitrogens is 3. The molecule has 0 radical (unpaired) electrons. The van der Waals surface area contributed by atoms with Crippen LogP contribution in [0.5, 0.6) is 0 Å². The van der Waals surface area contributed by atoms with E-state index in [4.69, 9.17) is 4.74 Å². The summed E-state index contributed by atoms with van der Waals surface area (Å²) in [6.45, 7) is 2.68. The number of hydrogen-bond donors (Lipinski definition) is 1. The van der Waals surface area contributed by atoms with Gasteiger partial charge in [-0.3, -0.25) is 4.79 Å². The molecule has 4 rings (SSSR count). The van der Waals surface area contributed by atoms with E-state index in [1.165, 1.54) is 0 Å². The van der Waals surface area contributed by atoms with Gasteiger partial charge >= 0.3 is 5.97 Å². The van der Waals surface area contributed by atoms with Gasteiger partial charge in [-0.05, 0) is 55.0 Å². The van der Waals surface area contributed by atoms with Crippen LogP contribution in [-0.2, 0) is 11.3 Å². The summed E-state index contributed by atoms with van der Waals surface area (Å²) in [5.41, 5.74) is 4.12. The maximum atomic E-state index is 12.6. The van der Waals surface area contributed by atoms with Crippen LogP contribution in [0.1, 0.15) is 33.2 Å². The van der Waals surface area contributed by atoms with Crippen LogP contribution in [0.15, 0.2) is 72.8 Å². The second kappa shape index (κ2) is 8.57. The van der Waals surface area contributed by atoms with E-state index in [0.717, 1.165) is 11.1 Å². The van der Waals surface area contributed by atoms with Crippen molar-refractivity contribution in [3.05, 3.63) is 89.5 Å². The number of esters is 1. The number of amides is 1. The third-order valence-electron chi connectivity index (χ3n) is 4.61. The van der Waals surface area contributed by atoms with E-state index in [1.54, 1.807) is 48.0 Å². The number of anilines is 1. The lowest BCUT2D eigenvalue weighted by molar-refractivity contribution is 0.0526. The number of carbonyl (C=O) groups is 2. The van der Waals surface area contributed by atoms with Gasteiger partial charge < -0.3 is 10.1 Å². The van der Waals surface area contributed by atoms with Gasteiger partial charge in [-0.2, -0.15) is 0 Å². The number of nitrogens with one attached hydrogen (secondary N) is 1. The molecule has 1 amide bonds. The molecule has 0 aliphatic heterocycles. The SMILES string of the molecule is CCOC(=O)c1ccc(NC(=O)c2ccc3c(c2)nnn3Cc2ccccc2)cc1. The molecule has 0 saturated carbocycles. The molecule has 0 bridgehead atoms. The molecule has 1 aromatic heterocycles. The number of ether oxygens (including phenoxy) is 1. The van der Waals surface area contributed by atoms with E-state index in [2.05, 4.69) is 15.6 Å². The molecule has 1 N–H and O–H groups in total. The minimum absolute atomic E-state index is 0.265. The van der Waals surface area contributed by atoms with Gasteiger partial charge in [0.1, 0.15) is 5.52 Å². The fourth-order valence-electron chi connectivity index (χ4n) is 3.09. The molecule has 0 aliphatic rings. The van der Waals surface area contributed by atoms with Gasteiger partial charge in [0.05, 0.1) is 24.2 Å². The topological polar surface area (TPSA) is 86.1 Å². The molecule has 0 fully saturated rings. The van der Waals surface area contributed by atoms with Gasteiger partial charge in [-0.15, -0.1) is 5.10 Å². The highest BCUT2D eigenvalue weighted by molar-refractivity contribution is 6.06. The lowest BCUT2D eigenvalue weighted by Gasteiger charge is -2.07. The van der Waals surface area contributed by atoms with Gasteiger partial charge in [0.2, 0.25) is 0 Å². The van der Waals surface area contributed by atoms with Crippen LogP contribution in [0.3, 0.4) is 0 Å². The van der Waals surface area contributed by atoms with E-state index in [-0.39, 0.29) is 11.9 Å². The smallest absolute Gasteiger partial charge is 0.338 e. The van der Waals surface area contributed by atoms with Gasteiger partial charge in [-0.1, -0.05) is 35.5 Å². The average Bonchev–Trinajstić information content (AvgIpc) is 3.17. The van der Waals surface area contributed by atoms with E-state index in [1.807, 2.05) is 36.4 Å². The minimum Gasteiger partial charge on any atom is -0.462 e. The van der Waals surface area contributed by atoms with Gasteiger partial charge in [0.25, 0.3) is 5.91 Å². The molecule has 0 spiro atoms. The number of carbonyl (C=O) groups excluding carboxylic acids is 2. The highest BCUT2D eigenvalue weighted by Gasteiger charge is 2.12. The molecule has 4 aromatic rings. The number of fused-ring (bicyclic) bond motifs is 1. The molecule has 7 heteroatoms. The van der Waals surface area contributed by atoms with E-state index in [9.17, 15) is 9.59 Å². The Labute approximate surface area is 173 Å². The van der Waals surface area contributed by atoms with Gasteiger partial charge in [0.15, 0.2) is 0 Å². The Kier molecular flexibility index (Phi) is 5.52. The first kappa shape index (κ1) is 19.3. The van der Waals surface area contributed by atoms with Crippen LogP contribution in [0.2, 0.25) is 0 Å². The predicted octanol–water partition coefficient (Wildman–Crippen LogP) is 3.91. The quantitative estimate of drug-likeness (QED) is 0.496. The van der Waals surface area contributed by atoms with Crippen molar-refractivity contribution in [2.45, 2.75) is 13.5 Å². The Morgan fingerprint density at radius 1 is 0.967 bits per heavy atom. The van der Waals surface area contributed by atoms with E-state index < -0.39 is 0 Å². The summed E-state index contributed by atoms with van der Waals surface area (Å²) >= 11 is 0. The standard InChI is InChI=1S/C23H20N4O3/c1-2-30-23(29)17-8-11-19(12-9-17)24-22(28)18-10-13-21-20(14-18)25-26-27(21)15-16-6-4-3-5-7-16/h3-14H,2,15H2,1H3,(H,24,28). The molecule has 0 aliphatic carbocycles. The Balaban J connectivity index is 1.48. The third-order valence-corrected chi connectivity index (χ3v) is 4.61. The highest BCUT2D eigenvalue weighted by atomic mass is 16.5. The van der Waals surface area contributed by atoms with Crippen LogP contribution in [0.25, 0.3) is 11.0 Å².